The van der Waals surface area contributed by atoms with Crippen molar-refractivity contribution in [2.75, 3.05) is 0 Å². The molecule has 0 bridgehead atoms. The number of fused-ring (bicyclic) bond motifs is 27. The van der Waals surface area contributed by atoms with Crippen LogP contribution >= 0.6 is 0 Å². The Kier molecular flexibility index (Phi) is 17.7. The highest BCUT2D eigenvalue weighted by atomic mass is 16.3. The third-order valence-electron chi connectivity index (χ3n) is 26.2. The Morgan fingerprint density at radius 3 is 0.947 bits per heavy atom. The third kappa shape index (κ3) is 12.9. The molecular weight excluding hydrogens is 1610 g/mol. The first-order chi connectivity index (χ1) is 65.4. The number of hydrogen-bond donors (Lipinski definition) is 0. The normalized spacial score (nSPS) is 11.8. The molecule has 10 heteroatoms. The van der Waals surface area contributed by atoms with Gasteiger partial charge in [0.25, 0.3) is 0 Å². The second kappa shape index (κ2) is 31.0. The van der Waals surface area contributed by atoms with Crippen LogP contribution < -0.4 is 0 Å². The molecule has 7 heterocycles. The highest BCUT2D eigenvalue weighted by molar-refractivity contribution is 6.26. The Labute approximate surface area is 754 Å². The van der Waals surface area contributed by atoms with E-state index in [9.17, 15) is 0 Å². The summed E-state index contributed by atoms with van der Waals surface area (Å²) < 4.78 is 24.5. The number of benzene rings is 21. The molecule has 0 aliphatic rings. The topological polar surface area (TPSA) is 130 Å². The number of para-hydroxylation sites is 2. The maximum absolute atomic E-state index is 6.27. The fraction of sp³-hybridized carbons (Fsp3) is 0. The number of hydrogen-bond acceptors (Lipinski definition) is 10. The van der Waals surface area contributed by atoms with Gasteiger partial charge in [-0.2, -0.15) is 0 Å². The first-order valence-corrected chi connectivity index (χ1v) is 44.4. The minimum Gasteiger partial charge on any atom is -0.455 e. The molecule has 0 fully saturated rings. The fourth-order valence-corrected chi connectivity index (χ4v) is 19.8. The SMILES string of the molecule is c1cc(-c2ccc(-c3cccc4c3oc3ccccc34)cc2)cc(-c2cnc3oc4ccc5ccccc5c4c3n2)c1.c1cc(-c2cccc(-c3cc4ccccc4c4ccccc34)c2)cc(-c2cnc3oc4ccc5ccccc5c4c3n2)c1.c1cc(-c2cccc(-c3cnc4oc5ccc6ccccc6c5c4n3)c2)cc(-c2ccc3c4ccccc4c4ccccc4c3c2)c1. The molecule has 0 saturated carbocycles. The fourth-order valence-electron chi connectivity index (χ4n) is 19.8. The van der Waals surface area contributed by atoms with Gasteiger partial charge in [-0.05, 0) is 214 Å². The Bertz CT molecular complexity index is 9560. The minimum atomic E-state index is 0.552. The van der Waals surface area contributed by atoms with Crippen LogP contribution in [0.1, 0.15) is 0 Å². The van der Waals surface area contributed by atoms with Gasteiger partial charge in [0, 0.05) is 33.0 Å². The van der Waals surface area contributed by atoms with Crippen molar-refractivity contribution in [1.29, 1.82) is 0 Å². The van der Waals surface area contributed by atoms with E-state index in [1.807, 2.05) is 54.9 Å². The molecule has 7 aromatic heterocycles. The average molecular weight is 1690 g/mol. The number of nitrogens with zero attached hydrogens (tertiary/aromatic N) is 6. The molecule has 28 aromatic rings. The van der Waals surface area contributed by atoms with E-state index >= 15 is 0 Å². The molecular formula is C122H72N6O4. The summed E-state index contributed by atoms with van der Waals surface area (Å²) >= 11 is 0. The van der Waals surface area contributed by atoms with E-state index in [0.717, 1.165) is 182 Å². The van der Waals surface area contributed by atoms with Gasteiger partial charge < -0.3 is 17.7 Å². The molecule has 0 unspecified atom stereocenters. The molecule has 0 aliphatic heterocycles. The van der Waals surface area contributed by atoms with Crippen LogP contribution in [0.5, 0.6) is 0 Å². The van der Waals surface area contributed by atoms with Gasteiger partial charge in [-0.15, -0.1) is 0 Å². The Balaban J connectivity index is 0.000000104. The lowest BCUT2D eigenvalue weighted by atomic mass is 9.91. The largest absolute Gasteiger partial charge is 0.455 e. The monoisotopic (exact) mass is 1680 g/mol. The van der Waals surface area contributed by atoms with E-state index in [1.54, 1.807) is 6.20 Å². The van der Waals surface area contributed by atoms with Crippen molar-refractivity contribution in [3.8, 4) is 101 Å². The van der Waals surface area contributed by atoms with Crippen LogP contribution in [0, 0.1) is 0 Å². The summed E-state index contributed by atoms with van der Waals surface area (Å²) in [5.74, 6) is 0. The van der Waals surface area contributed by atoms with Crippen LogP contribution in [0.4, 0.5) is 0 Å². The summed E-state index contributed by atoms with van der Waals surface area (Å²) in [5, 5.41) is 24.9. The zero-order valence-electron chi connectivity index (χ0n) is 70.9. The van der Waals surface area contributed by atoms with Crippen molar-refractivity contribution in [2.24, 2.45) is 0 Å². The van der Waals surface area contributed by atoms with Crippen LogP contribution in [-0.4, -0.2) is 29.9 Å². The van der Waals surface area contributed by atoms with Crippen molar-refractivity contribution in [2.45, 2.75) is 0 Å². The molecule has 0 amide bonds. The van der Waals surface area contributed by atoms with Crippen molar-refractivity contribution < 1.29 is 17.7 Å². The molecule has 614 valence electrons. The summed E-state index contributed by atoms with van der Waals surface area (Å²) in [5.41, 5.74) is 27.6. The maximum atomic E-state index is 6.27. The summed E-state index contributed by atoms with van der Waals surface area (Å²) in [7, 11) is 0. The number of furan rings is 4. The lowest BCUT2D eigenvalue weighted by Crippen LogP contribution is -1.89. The number of rotatable bonds is 9. The van der Waals surface area contributed by atoms with Gasteiger partial charge in [0.05, 0.1) is 51.8 Å². The van der Waals surface area contributed by atoms with E-state index in [1.165, 1.54) is 76.1 Å². The van der Waals surface area contributed by atoms with Crippen molar-refractivity contribution >= 4 is 175 Å². The van der Waals surface area contributed by atoms with E-state index in [2.05, 4.69) is 386 Å². The molecule has 21 aromatic carbocycles. The first-order valence-electron chi connectivity index (χ1n) is 44.4. The van der Waals surface area contributed by atoms with Gasteiger partial charge in [0.15, 0.2) is 0 Å². The van der Waals surface area contributed by atoms with Crippen molar-refractivity contribution in [1.82, 2.24) is 29.9 Å². The summed E-state index contributed by atoms with van der Waals surface area (Å²) in [4.78, 5) is 29.3. The van der Waals surface area contributed by atoms with Crippen LogP contribution in [0.2, 0.25) is 0 Å². The first kappa shape index (κ1) is 75.5. The summed E-state index contributed by atoms with van der Waals surface area (Å²) in [6, 6.07) is 148. The molecule has 0 aliphatic carbocycles. The smallest absolute Gasteiger partial charge is 0.246 e. The lowest BCUT2D eigenvalue weighted by Gasteiger charge is -2.13. The average Bonchev–Trinajstić information content (AvgIpc) is 1.13. The molecule has 10 nitrogen and oxygen atoms in total. The van der Waals surface area contributed by atoms with Crippen LogP contribution in [-0.2, 0) is 0 Å². The summed E-state index contributed by atoms with van der Waals surface area (Å²) in [6.07, 6.45) is 5.41. The quantitative estimate of drug-likeness (QED) is 0.129. The molecule has 0 spiro atoms. The van der Waals surface area contributed by atoms with Gasteiger partial charge in [-0.3, -0.25) is 0 Å². The molecule has 0 saturated heterocycles. The Hall–Kier alpha value is -17.9. The van der Waals surface area contributed by atoms with Crippen LogP contribution in [0.15, 0.2) is 455 Å². The second-order valence-corrected chi connectivity index (χ2v) is 33.8. The van der Waals surface area contributed by atoms with Crippen LogP contribution in [0.25, 0.3) is 275 Å². The van der Waals surface area contributed by atoms with Crippen molar-refractivity contribution in [3.05, 3.63) is 437 Å². The van der Waals surface area contributed by atoms with Crippen LogP contribution in [0.3, 0.4) is 0 Å². The maximum Gasteiger partial charge on any atom is 0.246 e. The predicted octanol–water partition coefficient (Wildman–Crippen LogP) is 33.3. The zero-order valence-corrected chi connectivity index (χ0v) is 70.9. The van der Waals surface area contributed by atoms with E-state index < -0.39 is 0 Å². The van der Waals surface area contributed by atoms with E-state index in [0.29, 0.717) is 17.1 Å². The standard InChI is InChI=1S/C44H26N2O.C40H24N2O.C38H22N2O2/c1-2-14-33-27(9-1)20-22-41-42(33)43-44(47-41)45-26-40(46-43)32-13-8-12-30(24-32)28-10-7-11-29(23-28)31-19-21-38-36-17-4-3-15-34(36)35-16-5-6-18-37(35)39(38)25-31;1-4-16-32-25(9-1)19-20-37-38(32)39-40(43-37)41-24-36(42-39)30-14-8-12-27(22-30)26-11-7-13-28(21-26)35-23-29-10-2-3-15-31(29)33-17-5-6-18-34(33)35;1-2-10-28-24(7-1)19-20-34-35(28)36-38(42-34)39-22-32(40-36)27-9-5-8-26(21-27)23-15-17-25(18-16-23)29-12-6-13-31-30-11-3-4-14-33(30)41-37(29)31/h1-26H;1-24H;1-22H. The highest BCUT2D eigenvalue weighted by Gasteiger charge is 2.22. The lowest BCUT2D eigenvalue weighted by molar-refractivity contribution is 0.653. The van der Waals surface area contributed by atoms with Gasteiger partial charge in [0.2, 0.25) is 17.1 Å². The minimum absolute atomic E-state index is 0.552. The van der Waals surface area contributed by atoms with E-state index in [-0.39, 0.29) is 0 Å². The molecule has 28 rings (SSSR count). The molecule has 0 N–H and O–H groups in total. The van der Waals surface area contributed by atoms with E-state index in [4.69, 9.17) is 37.6 Å². The molecule has 0 atom stereocenters. The van der Waals surface area contributed by atoms with Gasteiger partial charge in [-0.25, -0.2) is 29.9 Å². The summed E-state index contributed by atoms with van der Waals surface area (Å²) in [6.45, 7) is 0. The highest BCUT2D eigenvalue weighted by Crippen LogP contribution is 2.45. The Morgan fingerprint density at radius 1 is 0.159 bits per heavy atom. The van der Waals surface area contributed by atoms with Gasteiger partial charge >= 0.3 is 0 Å². The van der Waals surface area contributed by atoms with Gasteiger partial charge in [0.1, 0.15) is 44.5 Å². The second-order valence-electron chi connectivity index (χ2n) is 33.8. The zero-order chi connectivity index (χ0) is 86.9. The third-order valence-corrected chi connectivity index (χ3v) is 26.2. The van der Waals surface area contributed by atoms with Gasteiger partial charge in [-0.1, -0.05) is 352 Å². The van der Waals surface area contributed by atoms with Crippen molar-refractivity contribution in [3.63, 3.8) is 0 Å². The molecule has 132 heavy (non-hydrogen) atoms. The molecule has 0 radical (unpaired) electrons. The number of aromatic nitrogens is 6. The Morgan fingerprint density at radius 2 is 0.477 bits per heavy atom. The predicted molar refractivity (Wildman–Crippen MR) is 544 cm³/mol.